The van der Waals surface area contributed by atoms with Gasteiger partial charge in [0.2, 0.25) is 10.0 Å². The minimum atomic E-state index is -3.51. The first kappa shape index (κ1) is 14.4. The van der Waals surface area contributed by atoms with Gasteiger partial charge in [0.15, 0.2) is 0 Å². The van der Waals surface area contributed by atoms with E-state index in [-0.39, 0.29) is 10.0 Å². The first-order valence-electron chi connectivity index (χ1n) is 5.57. The lowest BCUT2D eigenvalue weighted by molar-refractivity contribution is 0.454. The summed E-state index contributed by atoms with van der Waals surface area (Å²) in [5.41, 5.74) is 0. The largest absolute Gasteiger partial charge is 0.245 e. The summed E-state index contributed by atoms with van der Waals surface area (Å²) >= 11 is 5.80. The van der Waals surface area contributed by atoms with Crippen LogP contribution < -0.4 is 0 Å². The van der Waals surface area contributed by atoms with Crippen molar-refractivity contribution in [1.82, 2.24) is 9.29 Å². The summed E-state index contributed by atoms with van der Waals surface area (Å²) in [7, 11) is -1.95. The molecular formula is C11H17ClN2O2S. The molecule has 0 N–H and O–H groups in total. The lowest BCUT2D eigenvalue weighted by atomic mass is 10.2. The van der Waals surface area contributed by atoms with Crippen molar-refractivity contribution in [3.05, 3.63) is 23.5 Å². The van der Waals surface area contributed by atoms with Crippen molar-refractivity contribution in [1.29, 1.82) is 0 Å². The molecule has 17 heavy (non-hydrogen) atoms. The fourth-order valence-electron chi connectivity index (χ4n) is 1.44. The van der Waals surface area contributed by atoms with Crippen molar-refractivity contribution in [3.8, 4) is 0 Å². The summed E-state index contributed by atoms with van der Waals surface area (Å²) in [6.45, 7) is 2.58. The van der Waals surface area contributed by atoms with E-state index >= 15 is 0 Å². The number of halogens is 1. The number of pyridine rings is 1. The van der Waals surface area contributed by atoms with E-state index in [2.05, 4.69) is 11.9 Å². The van der Waals surface area contributed by atoms with Gasteiger partial charge in [-0.15, -0.1) is 0 Å². The zero-order valence-electron chi connectivity index (χ0n) is 10.1. The van der Waals surface area contributed by atoms with Gasteiger partial charge in [-0.3, -0.25) is 0 Å². The van der Waals surface area contributed by atoms with E-state index in [4.69, 9.17) is 11.6 Å². The molecule has 1 aromatic rings. The maximum atomic E-state index is 12.1. The van der Waals surface area contributed by atoms with E-state index in [1.54, 1.807) is 13.1 Å². The maximum Gasteiger partial charge on any atom is 0.245 e. The highest BCUT2D eigenvalue weighted by atomic mass is 35.5. The monoisotopic (exact) mass is 276 g/mol. The van der Waals surface area contributed by atoms with Crippen LogP contribution in [0.2, 0.25) is 5.15 Å². The van der Waals surface area contributed by atoms with E-state index in [1.165, 1.54) is 16.6 Å². The number of unbranched alkanes of at least 4 members (excludes halogenated alkanes) is 2. The highest BCUT2D eigenvalue weighted by Gasteiger charge is 2.23. The summed E-state index contributed by atoms with van der Waals surface area (Å²) in [5, 5.41) is 0.0230. The van der Waals surface area contributed by atoms with Crippen molar-refractivity contribution in [2.75, 3.05) is 13.6 Å². The number of hydrogen-bond donors (Lipinski definition) is 0. The van der Waals surface area contributed by atoms with E-state index < -0.39 is 10.0 Å². The van der Waals surface area contributed by atoms with Crippen LogP contribution in [-0.4, -0.2) is 31.3 Å². The molecule has 0 aliphatic carbocycles. The van der Waals surface area contributed by atoms with Crippen molar-refractivity contribution in [2.24, 2.45) is 0 Å². The summed E-state index contributed by atoms with van der Waals surface area (Å²) in [6, 6.07) is 3.04. The summed E-state index contributed by atoms with van der Waals surface area (Å²) in [4.78, 5) is 3.85. The van der Waals surface area contributed by atoms with Crippen LogP contribution in [0.15, 0.2) is 23.2 Å². The van der Waals surface area contributed by atoms with Gasteiger partial charge in [-0.05, 0) is 18.6 Å². The Morgan fingerprint density at radius 2 is 2.12 bits per heavy atom. The second kappa shape index (κ2) is 6.33. The van der Waals surface area contributed by atoms with Gasteiger partial charge in [-0.1, -0.05) is 31.4 Å². The zero-order chi connectivity index (χ0) is 12.9. The molecule has 1 aromatic heterocycles. The normalized spacial score (nSPS) is 12.0. The minimum absolute atomic E-state index is 0.0230. The first-order valence-corrected chi connectivity index (χ1v) is 7.38. The van der Waals surface area contributed by atoms with Crippen LogP contribution in [-0.2, 0) is 10.0 Å². The predicted octanol–water partition coefficient (Wildman–Crippen LogP) is 2.55. The van der Waals surface area contributed by atoms with Crippen LogP contribution in [0, 0.1) is 0 Å². The second-order valence-electron chi connectivity index (χ2n) is 3.83. The molecule has 0 aliphatic rings. The number of nitrogens with zero attached hydrogens (tertiary/aromatic N) is 2. The van der Waals surface area contributed by atoms with Crippen LogP contribution >= 0.6 is 11.6 Å². The highest BCUT2D eigenvalue weighted by molar-refractivity contribution is 7.89. The summed E-state index contributed by atoms with van der Waals surface area (Å²) in [5.74, 6) is 0. The van der Waals surface area contributed by atoms with Crippen LogP contribution in [0.25, 0.3) is 0 Å². The Labute approximate surface area is 108 Å². The average molecular weight is 277 g/mol. The first-order chi connectivity index (χ1) is 8.00. The molecule has 0 bridgehead atoms. The molecule has 1 rings (SSSR count). The molecule has 96 valence electrons. The predicted molar refractivity (Wildman–Crippen MR) is 68.6 cm³/mol. The third-order valence-corrected chi connectivity index (χ3v) is 4.79. The Morgan fingerprint density at radius 3 is 2.71 bits per heavy atom. The number of aromatic nitrogens is 1. The van der Waals surface area contributed by atoms with Gasteiger partial charge < -0.3 is 0 Å². The molecule has 1 heterocycles. The van der Waals surface area contributed by atoms with E-state index in [0.29, 0.717) is 6.54 Å². The van der Waals surface area contributed by atoms with Gasteiger partial charge in [0.05, 0.1) is 0 Å². The lowest BCUT2D eigenvalue weighted by Gasteiger charge is -2.17. The molecule has 0 atom stereocenters. The van der Waals surface area contributed by atoms with E-state index in [0.717, 1.165) is 19.3 Å². The number of sulfonamides is 1. The van der Waals surface area contributed by atoms with Crippen molar-refractivity contribution in [3.63, 3.8) is 0 Å². The molecule has 0 amide bonds. The number of hydrogen-bond acceptors (Lipinski definition) is 3. The third-order valence-electron chi connectivity index (χ3n) is 2.49. The quantitative estimate of drug-likeness (QED) is 0.593. The molecule has 0 fully saturated rings. The van der Waals surface area contributed by atoms with Crippen molar-refractivity contribution >= 4 is 21.6 Å². The molecule has 6 heteroatoms. The van der Waals surface area contributed by atoms with Gasteiger partial charge in [0, 0.05) is 19.8 Å². The molecule has 0 unspecified atom stereocenters. The number of rotatable bonds is 6. The van der Waals surface area contributed by atoms with Crippen LogP contribution in [0.5, 0.6) is 0 Å². The Hall–Kier alpha value is -0.650. The standard InChI is InChI=1S/C11H17ClN2O2S/c1-3-4-5-9-14(2)17(15,16)10-7-6-8-13-11(10)12/h6-8H,3-5,9H2,1-2H3. The fraction of sp³-hybridized carbons (Fsp3) is 0.545. The molecule has 0 saturated carbocycles. The highest BCUT2D eigenvalue weighted by Crippen LogP contribution is 2.21. The van der Waals surface area contributed by atoms with Crippen molar-refractivity contribution < 1.29 is 8.42 Å². The van der Waals surface area contributed by atoms with Gasteiger partial charge in [0.1, 0.15) is 10.0 Å². The summed E-state index contributed by atoms with van der Waals surface area (Å²) < 4.78 is 25.6. The third kappa shape index (κ3) is 3.66. The Bertz CT molecular complexity index is 462. The Balaban J connectivity index is 2.85. The topological polar surface area (TPSA) is 50.3 Å². The van der Waals surface area contributed by atoms with Gasteiger partial charge in [0.25, 0.3) is 0 Å². The Kier molecular flexibility index (Phi) is 5.36. The van der Waals surface area contributed by atoms with Gasteiger partial charge >= 0.3 is 0 Å². The maximum absolute atomic E-state index is 12.1. The Morgan fingerprint density at radius 1 is 1.41 bits per heavy atom. The van der Waals surface area contributed by atoms with E-state index in [1.807, 2.05) is 0 Å². The molecule has 0 saturated heterocycles. The fourth-order valence-corrected chi connectivity index (χ4v) is 3.07. The molecule has 0 spiro atoms. The molecule has 0 radical (unpaired) electrons. The average Bonchev–Trinajstić information content (AvgIpc) is 2.29. The molecule has 0 aliphatic heterocycles. The second-order valence-corrected chi connectivity index (χ2v) is 6.20. The molecule has 4 nitrogen and oxygen atoms in total. The van der Waals surface area contributed by atoms with Crippen molar-refractivity contribution in [2.45, 2.75) is 31.1 Å². The lowest BCUT2D eigenvalue weighted by Crippen LogP contribution is -2.28. The smallest absolute Gasteiger partial charge is 0.243 e. The van der Waals surface area contributed by atoms with Gasteiger partial charge in [-0.2, -0.15) is 0 Å². The summed E-state index contributed by atoms with van der Waals surface area (Å²) in [6.07, 6.45) is 4.39. The minimum Gasteiger partial charge on any atom is -0.243 e. The van der Waals surface area contributed by atoms with Gasteiger partial charge in [-0.25, -0.2) is 17.7 Å². The van der Waals surface area contributed by atoms with Crippen LogP contribution in [0.3, 0.4) is 0 Å². The van der Waals surface area contributed by atoms with Crippen LogP contribution in [0.4, 0.5) is 0 Å². The van der Waals surface area contributed by atoms with E-state index in [9.17, 15) is 8.42 Å². The molecular weight excluding hydrogens is 260 g/mol. The van der Waals surface area contributed by atoms with Crippen LogP contribution in [0.1, 0.15) is 26.2 Å². The SMILES string of the molecule is CCCCCN(C)S(=O)(=O)c1cccnc1Cl. The zero-order valence-corrected chi connectivity index (χ0v) is 11.6. The molecule has 0 aromatic carbocycles.